The van der Waals surface area contributed by atoms with Crippen LogP contribution in [0.2, 0.25) is 0 Å². The van der Waals surface area contributed by atoms with E-state index in [0.717, 1.165) is 0 Å². The summed E-state index contributed by atoms with van der Waals surface area (Å²) >= 11 is 0. The maximum atomic E-state index is 11.6. The standard InChI is InChI=1S/C19H21NO5/c1-13(20-25-14(2)21)19(22,15-8-7-9-16(12-15)23-3)17-10-5-6-11-18(17)24-4/h5-12,22H,1-4H3/b20-13+. The molecule has 132 valence electrons. The average Bonchev–Trinajstić information content (AvgIpc) is 2.65. The van der Waals surface area contributed by atoms with Crippen LogP contribution < -0.4 is 9.47 Å². The Morgan fingerprint density at radius 2 is 1.76 bits per heavy atom. The first-order valence-corrected chi connectivity index (χ1v) is 7.66. The Balaban J connectivity index is 2.70. The Kier molecular flexibility index (Phi) is 5.77. The molecule has 0 heterocycles. The molecule has 0 bridgehead atoms. The number of rotatable bonds is 6. The zero-order valence-corrected chi connectivity index (χ0v) is 14.6. The SMILES string of the molecule is COc1cccc(C(O)(/C(C)=N/OC(C)=O)c2ccccc2OC)c1. The predicted octanol–water partition coefficient (Wildman–Crippen LogP) is 2.88. The Labute approximate surface area is 146 Å². The number of methoxy groups -OCH3 is 2. The molecule has 0 aliphatic carbocycles. The lowest BCUT2D eigenvalue weighted by molar-refractivity contribution is -0.141. The van der Waals surface area contributed by atoms with E-state index in [1.165, 1.54) is 14.0 Å². The first kappa shape index (κ1) is 18.5. The van der Waals surface area contributed by atoms with E-state index in [-0.39, 0.29) is 5.71 Å². The van der Waals surface area contributed by atoms with Gasteiger partial charge in [0.2, 0.25) is 0 Å². The van der Waals surface area contributed by atoms with Crippen LogP contribution in [0.3, 0.4) is 0 Å². The van der Waals surface area contributed by atoms with Gasteiger partial charge < -0.3 is 19.4 Å². The largest absolute Gasteiger partial charge is 0.497 e. The van der Waals surface area contributed by atoms with E-state index in [1.54, 1.807) is 62.6 Å². The highest BCUT2D eigenvalue weighted by atomic mass is 16.7. The molecule has 0 aromatic heterocycles. The van der Waals surface area contributed by atoms with Gasteiger partial charge in [-0.25, -0.2) is 4.79 Å². The Morgan fingerprint density at radius 3 is 2.40 bits per heavy atom. The molecule has 1 atom stereocenters. The van der Waals surface area contributed by atoms with Crippen molar-refractivity contribution in [3.05, 3.63) is 59.7 Å². The summed E-state index contributed by atoms with van der Waals surface area (Å²) in [6.07, 6.45) is 0. The van der Waals surface area contributed by atoms with E-state index in [1.807, 2.05) is 0 Å². The number of hydrogen-bond acceptors (Lipinski definition) is 6. The zero-order valence-electron chi connectivity index (χ0n) is 14.6. The number of para-hydroxylation sites is 1. The predicted molar refractivity (Wildman–Crippen MR) is 93.9 cm³/mol. The lowest BCUT2D eigenvalue weighted by atomic mass is 9.82. The molecule has 25 heavy (non-hydrogen) atoms. The molecule has 0 saturated heterocycles. The maximum Gasteiger partial charge on any atom is 0.331 e. The van der Waals surface area contributed by atoms with Gasteiger partial charge in [0.1, 0.15) is 11.5 Å². The minimum Gasteiger partial charge on any atom is -0.497 e. The number of ether oxygens (including phenoxy) is 2. The molecule has 0 fully saturated rings. The zero-order chi connectivity index (χ0) is 18.4. The van der Waals surface area contributed by atoms with Crippen molar-refractivity contribution in [3.63, 3.8) is 0 Å². The van der Waals surface area contributed by atoms with Gasteiger partial charge in [-0.2, -0.15) is 0 Å². The minimum atomic E-state index is -1.67. The summed E-state index contributed by atoms with van der Waals surface area (Å²) in [6.45, 7) is 2.82. The van der Waals surface area contributed by atoms with Crippen molar-refractivity contribution in [3.8, 4) is 11.5 Å². The highest BCUT2D eigenvalue weighted by Crippen LogP contribution is 2.38. The third kappa shape index (κ3) is 3.80. The summed E-state index contributed by atoms with van der Waals surface area (Å²) < 4.78 is 10.6. The van der Waals surface area contributed by atoms with E-state index in [0.29, 0.717) is 22.6 Å². The van der Waals surface area contributed by atoms with Crippen molar-refractivity contribution in [2.24, 2.45) is 5.16 Å². The van der Waals surface area contributed by atoms with Gasteiger partial charge in [-0.05, 0) is 30.7 Å². The molecule has 2 aromatic carbocycles. The van der Waals surface area contributed by atoms with Crippen LogP contribution in [0.25, 0.3) is 0 Å². The summed E-state index contributed by atoms with van der Waals surface area (Å²) in [4.78, 5) is 15.9. The monoisotopic (exact) mass is 343 g/mol. The first-order valence-electron chi connectivity index (χ1n) is 7.66. The van der Waals surface area contributed by atoms with Crippen molar-refractivity contribution in [2.75, 3.05) is 14.2 Å². The molecule has 6 nitrogen and oxygen atoms in total. The highest BCUT2D eigenvalue weighted by Gasteiger charge is 2.38. The summed E-state index contributed by atoms with van der Waals surface area (Å²) in [7, 11) is 3.06. The minimum absolute atomic E-state index is 0.181. The number of aliphatic hydroxyl groups is 1. The second-order valence-electron chi connectivity index (χ2n) is 5.40. The topological polar surface area (TPSA) is 77.4 Å². The molecule has 0 aliphatic heterocycles. The second kappa shape index (κ2) is 7.81. The van der Waals surface area contributed by atoms with Gasteiger partial charge in [0.25, 0.3) is 0 Å². The number of carbonyl (C=O) groups excluding carboxylic acids is 1. The lowest BCUT2D eigenvalue weighted by Crippen LogP contribution is -2.36. The molecule has 2 aromatic rings. The van der Waals surface area contributed by atoms with Crippen LogP contribution in [0, 0.1) is 0 Å². The normalized spacial score (nSPS) is 13.7. The van der Waals surface area contributed by atoms with E-state index in [9.17, 15) is 9.90 Å². The second-order valence-corrected chi connectivity index (χ2v) is 5.40. The van der Waals surface area contributed by atoms with E-state index in [2.05, 4.69) is 5.16 Å². The van der Waals surface area contributed by atoms with Gasteiger partial charge in [0.15, 0.2) is 5.60 Å². The molecule has 2 rings (SSSR count). The van der Waals surface area contributed by atoms with Crippen LogP contribution >= 0.6 is 0 Å². The summed E-state index contributed by atoms with van der Waals surface area (Å²) in [6, 6.07) is 14.0. The van der Waals surface area contributed by atoms with E-state index >= 15 is 0 Å². The molecule has 0 spiro atoms. The molecule has 0 aliphatic rings. The summed E-state index contributed by atoms with van der Waals surface area (Å²) in [5.41, 5.74) is -0.513. The third-order valence-corrected chi connectivity index (χ3v) is 3.82. The fraction of sp³-hybridized carbons (Fsp3) is 0.263. The number of nitrogens with zero attached hydrogens (tertiary/aromatic N) is 1. The molecule has 1 N–H and O–H groups in total. The Bertz CT molecular complexity index is 787. The van der Waals surface area contributed by atoms with Crippen LogP contribution in [0.15, 0.2) is 53.7 Å². The number of hydrogen-bond donors (Lipinski definition) is 1. The van der Waals surface area contributed by atoms with Crippen LogP contribution in [-0.2, 0) is 15.2 Å². The number of carbonyl (C=O) groups is 1. The average molecular weight is 343 g/mol. The molecular formula is C19H21NO5. The Hall–Kier alpha value is -2.86. The fourth-order valence-corrected chi connectivity index (χ4v) is 2.55. The molecule has 0 radical (unpaired) electrons. The molecule has 0 amide bonds. The molecule has 6 heteroatoms. The van der Waals surface area contributed by atoms with Gasteiger partial charge in [-0.1, -0.05) is 35.5 Å². The molecule has 0 saturated carbocycles. The first-order chi connectivity index (χ1) is 11.9. The quantitative estimate of drug-likeness (QED) is 0.496. The molecular weight excluding hydrogens is 322 g/mol. The third-order valence-electron chi connectivity index (χ3n) is 3.82. The fourth-order valence-electron chi connectivity index (χ4n) is 2.55. The van der Waals surface area contributed by atoms with Crippen LogP contribution in [0.4, 0.5) is 0 Å². The van der Waals surface area contributed by atoms with Gasteiger partial charge >= 0.3 is 5.97 Å². The smallest absolute Gasteiger partial charge is 0.331 e. The maximum absolute atomic E-state index is 11.6. The Morgan fingerprint density at radius 1 is 1.04 bits per heavy atom. The summed E-state index contributed by atoms with van der Waals surface area (Å²) in [5.74, 6) is 0.476. The van der Waals surface area contributed by atoms with Crippen molar-refractivity contribution < 1.29 is 24.2 Å². The number of oxime groups is 1. The van der Waals surface area contributed by atoms with Crippen molar-refractivity contribution in [1.29, 1.82) is 0 Å². The molecule has 1 unspecified atom stereocenters. The highest BCUT2D eigenvalue weighted by molar-refractivity contribution is 5.95. The van der Waals surface area contributed by atoms with Gasteiger partial charge in [0, 0.05) is 12.5 Å². The van der Waals surface area contributed by atoms with Crippen molar-refractivity contribution in [1.82, 2.24) is 0 Å². The van der Waals surface area contributed by atoms with Crippen LogP contribution in [-0.4, -0.2) is 31.0 Å². The lowest BCUT2D eigenvalue weighted by Gasteiger charge is -2.30. The van der Waals surface area contributed by atoms with E-state index < -0.39 is 11.6 Å². The van der Waals surface area contributed by atoms with E-state index in [4.69, 9.17) is 14.3 Å². The van der Waals surface area contributed by atoms with Gasteiger partial charge in [-0.15, -0.1) is 0 Å². The van der Waals surface area contributed by atoms with Gasteiger partial charge in [0.05, 0.1) is 19.9 Å². The van der Waals surface area contributed by atoms with Gasteiger partial charge in [-0.3, -0.25) is 0 Å². The summed E-state index contributed by atoms with van der Waals surface area (Å²) in [5, 5.41) is 15.4. The van der Waals surface area contributed by atoms with Crippen LogP contribution in [0.5, 0.6) is 11.5 Å². The van der Waals surface area contributed by atoms with Crippen molar-refractivity contribution >= 4 is 11.7 Å². The number of benzene rings is 2. The van der Waals surface area contributed by atoms with Crippen LogP contribution in [0.1, 0.15) is 25.0 Å². The van der Waals surface area contributed by atoms with Crippen molar-refractivity contribution in [2.45, 2.75) is 19.4 Å².